The molecule has 0 fully saturated rings. The van der Waals surface area contributed by atoms with Crippen LogP contribution in [-0.2, 0) is 0 Å². The van der Waals surface area contributed by atoms with Gasteiger partial charge < -0.3 is 4.42 Å². The Balaban J connectivity index is 0. The highest BCUT2D eigenvalue weighted by molar-refractivity contribution is 5.77. The third-order valence-electron chi connectivity index (χ3n) is 1.55. The van der Waals surface area contributed by atoms with E-state index in [9.17, 15) is 0 Å². The fraction of sp³-hybridized carbons (Fsp3) is 0.467. The fourth-order valence-corrected chi connectivity index (χ4v) is 1.11. The average Bonchev–Trinajstić information content (AvgIpc) is 2.76. The van der Waals surface area contributed by atoms with E-state index in [4.69, 9.17) is 4.42 Å². The third kappa shape index (κ3) is 5.59. The second kappa shape index (κ2) is 11.8. The van der Waals surface area contributed by atoms with Crippen molar-refractivity contribution in [2.24, 2.45) is 0 Å². The number of aryl methyl sites for hydroxylation is 1. The summed E-state index contributed by atoms with van der Waals surface area (Å²) in [4.78, 5) is 0. The van der Waals surface area contributed by atoms with Crippen molar-refractivity contribution in [2.45, 2.75) is 48.5 Å². The summed E-state index contributed by atoms with van der Waals surface area (Å²) in [6.45, 7) is 14.0. The van der Waals surface area contributed by atoms with Crippen LogP contribution in [0.1, 0.15) is 47.3 Å². The highest BCUT2D eigenvalue weighted by Gasteiger charge is 1.95. The Kier molecular flexibility index (Phi) is 12.7. The van der Waals surface area contributed by atoms with Gasteiger partial charge in [-0.25, -0.2) is 0 Å². The first-order chi connectivity index (χ1) is 7.86. The van der Waals surface area contributed by atoms with Gasteiger partial charge in [0, 0.05) is 5.39 Å². The van der Waals surface area contributed by atoms with Crippen molar-refractivity contribution in [1.29, 1.82) is 0 Å². The maximum absolute atomic E-state index is 5.37. The molecule has 0 N–H and O–H groups in total. The molecule has 92 valence electrons. The maximum atomic E-state index is 5.37. The molecule has 1 heterocycles. The lowest BCUT2D eigenvalue weighted by Gasteiger charge is -1.82. The standard InChI is InChI=1S/C9H8O.3C2H6/c1-7-6-8-4-2-3-5-9(8)10-7;3*1-2/h2-6H,1H3;3*1-2H3. The van der Waals surface area contributed by atoms with E-state index < -0.39 is 0 Å². The smallest absolute Gasteiger partial charge is 0.134 e. The van der Waals surface area contributed by atoms with Gasteiger partial charge in [-0.2, -0.15) is 0 Å². The van der Waals surface area contributed by atoms with E-state index in [2.05, 4.69) is 0 Å². The molecule has 0 bridgehead atoms. The zero-order valence-corrected chi connectivity index (χ0v) is 11.8. The molecule has 0 unspecified atom stereocenters. The van der Waals surface area contributed by atoms with Crippen LogP contribution >= 0.6 is 0 Å². The normalized spacial score (nSPS) is 7.69. The number of benzene rings is 1. The predicted octanol–water partition coefficient (Wildman–Crippen LogP) is 5.82. The summed E-state index contributed by atoms with van der Waals surface area (Å²) in [6, 6.07) is 10.0. The Bertz CT molecular complexity index is 314. The molecule has 0 radical (unpaired) electrons. The Morgan fingerprint density at radius 1 is 0.812 bits per heavy atom. The lowest BCUT2D eigenvalue weighted by atomic mass is 10.2. The second-order valence-electron chi connectivity index (χ2n) is 2.39. The van der Waals surface area contributed by atoms with Crippen molar-refractivity contribution < 1.29 is 4.42 Å². The quantitative estimate of drug-likeness (QED) is 0.547. The first kappa shape index (κ1) is 17.2. The molecule has 0 atom stereocenters. The van der Waals surface area contributed by atoms with Crippen LogP contribution in [0.15, 0.2) is 34.7 Å². The van der Waals surface area contributed by atoms with E-state index in [0.717, 1.165) is 11.3 Å². The number of para-hydroxylation sites is 1. The predicted molar refractivity (Wildman–Crippen MR) is 75.0 cm³/mol. The lowest BCUT2D eigenvalue weighted by Crippen LogP contribution is -1.57. The molecule has 0 aliphatic rings. The number of fused-ring (bicyclic) bond motifs is 1. The molecule has 1 nitrogen and oxygen atoms in total. The largest absolute Gasteiger partial charge is 0.461 e. The van der Waals surface area contributed by atoms with Crippen LogP contribution in [0.4, 0.5) is 0 Å². The molecular formula is C15H26O. The summed E-state index contributed by atoms with van der Waals surface area (Å²) in [5.74, 6) is 0.973. The van der Waals surface area contributed by atoms with E-state index in [0.29, 0.717) is 0 Å². The van der Waals surface area contributed by atoms with Gasteiger partial charge in [0.25, 0.3) is 0 Å². The summed E-state index contributed by atoms with van der Waals surface area (Å²) in [5.41, 5.74) is 0.972. The van der Waals surface area contributed by atoms with Gasteiger partial charge >= 0.3 is 0 Å². The summed E-state index contributed by atoms with van der Waals surface area (Å²) >= 11 is 0. The van der Waals surface area contributed by atoms with E-state index in [-0.39, 0.29) is 0 Å². The van der Waals surface area contributed by atoms with Gasteiger partial charge in [-0.15, -0.1) is 0 Å². The minimum Gasteiger partial charge on any atom is -0.461 e. The van der Waals surface area contributed by atoms with Crippen LogP contribution in [0.3, 0.4) is 0 Å². The molecule has 2 aromatic rings. The monoisotopic (exact) mass is 222 g/mol. The molecule has 0 aliphatic carbocycles. The van der Waals surface area contributed by atoms with Gasteiger partial charge in [-0.1, -0.05) is 59.7 Å². The molecule has 1 aromatic heterocycles. The van der Waals surface area contributed by atoms with Gasteiger partial charge in [0.05, 0.1) is 0 Å². The SMILES string of the molecule is CC.CC.CC.Cc1cc2ccccc2o1. The van der Waals surface area contributed by atoms with Crippen LogP contribution in [0.2, 0.25) is 0 Å². The topological polar surface area (TPSA) is 13.1 Å². The van der Waals surface area contributed by atoms with Gasteiger partial charge in [0.1, 0.15) is 11.3 Å². The van der Waals surface area contributed by atoms with Crippen molar-refractivity contribution >= 4 is 11.0 Å². The van der Waals surface area contributed by atoms with Crippen molar-refractivity contribution in [3.8, 4) is 0 Å². The number of furan rings is 1. The van der Waals surface area contributed by atoms with Crippen LogP contribution < -0.4 is 0 Å². The van der Waals surface area contributed by atoms with Gasteiger partial charge in [-0.3, -0.25) is 0 Å². The lowest BCUT2D eigenvalue weighted by molar-refractivity contribution is 0.578. The summed E-state index contributed by atoms with van der Waals surface area (Å²) in [7, 11) is 0. The first-order valence-electron chi connectivity index (χ1n) is 6.31. The van der Waals surface area contributed by atoms with E-state index in [1.807, 2.05) is 78.8 Å². The Morgan fingerprint density at radius 3 is 1.81 bits per heavy atom. The summed E-state index contributed by atoms with van der Waals surface area (Å²) < 4.78 is 5.37. The van der Waals surface area contributed by atoms with Crippen molar-refractivity contribution in [3.05, 3.63) is 36.1 Å². The molecular weight excluding hydrogens is 196 g/mol. The zero-order valence-electron chi connectivity index (χ0n) is 11.8. The molecule has 1 heteroatoms. The molecule has 0 saturated heterocycles. The van der Waals surface area contributed by atoms with Gasteiger partial charge in [0.2, 0.25) is 0 Å². The average molecular weight is 222 g/mol. The molecule has 1 aromatic carbocycles. The molecule has 16 heavy (non-hydrogen) atoms. The Morgan fingerprint density at radius 2 is 1.31 bits per heavy atom. The minimum atomic E-state index is 0.972. The number of rotatable bonds is 0. The first-order valence-corrected chi connectivity index (χ1v) is 6.31. The summed E-state index contributed by atoms with van der Waals surface area (Å²) in [5, 5.41) is 1.18. The van der Waals surface area contributed by atoms with E-state index in [1.165, 1.54) is 5.39 Å². The van der Waals surface area contributed by atoms with Crippen molar-refractivity contribution in [1.82, 2.24) is 0 Å². The molecule has 0 amide bonds. The number of hydrogen-bond donors (Lipinski definition) is 0. The minimum absolute atomic E-state index is 0.972. The summed E-state index contributed by atoms with van der Waals surface area (Å²) in [6.07, 6.45) is 0. The molecule has 0 aliphatic heterocycles. The third-order valence-corrected chi connectivity index (χ3v) is 1.55. The van der Waals surface area contributed by atoms with Crippen LogP contribution in [0.25, 0.3) is 11.0 Å². The second-order valence-corrected chi connectivity index (χ2v) is 2.39. The van der Waals surface area contributed by atoms with Gasteiger partial charge in [0.15, 0.2) is 0 Å². The maximum Gasteiger partial charge on any atom is 0.134 e. The Hall–Kier alpha value is -1.24. The molecule has 0 saturated carbocycles. The highest BCUT2D eigenvalue weighted by atomic mass is 16.3. The zero-order chi connectivity index (χ0) is 13.0. The molecule has 2 rings (SSSR count). The number of hydrogen-bond acceptors (Lipinski definition) is 1. The fourth-order valence-electron chi connectivity index (χ4n) is 1.11. The van der Waals surface area contributed by atoms with Crippen LogP contribution in [0, 0.1) is 6.92 Å². The van der Waals surface area contributed by atoms with E-state index in [1.54, 1.807) is 0 Å². The van der Waals surface area contributed by atoms with Gasteiger partial charge in [-0.05, 0) is 19.1 Å². The highest BCUT2D eigenvalue weighted by Crippen LogP contribution is 2.17. The van der Waals surface area contributed by atoms with Crippen molar-refractivity contribution in [3.63, 3.8) is 0 Å². The molecule has 0 spiro atoms. The Labute approximate surface area is 100 Å². The van der Waals surface area contributed by atoms with E-state index >= 15 is 0 Å². The van der Waals surface area contributed by atoms with Crippen LogP contribution in [0.5, 0.6) is 0 Å². The van der Waals surface area contributed by atoms with Crippen molar-refractivity contribution in [2.75, 3.05) is 0 Å². The van der Waals surface area contributed by atoms with Crippen LogP contribution in [-0.4, -0.2) is 0 Å².